The van der Waals surface area contributed by atoms with Crippen molar-refractivity contribution < 1.29 is 9.59 Å². The molecule has 0 spiro atoms. The summed E-state index contributed by atoms with van der Waals surface area (Å²) in [5, 5.41) is 12.4. The van der Waals surface area contributed by atoms with E-state index >= 15 is 0 Å². The van der Waals surface area contributed by atoms with Crippen molar-refractivity contribution in [3.8, 4) is 0 Å². The number of aromatic nitrogens is 2. The first kappa shape index (κ1) is 13.6. The van der Waals surface area contributed by atoms with Crippen LogP contribution in [0.4, 0.5) is 5.69 Å². The monoisotopic (exact) mass is 264 g/mol. The van der Waals surface area contributed by atoms with E-state index in [0.29, 0.717) is 12.5 Å². The van der Waals surface area contributed by atoms with Crippen molar-refractivity contribution in [1.29, 1.82) is 0 Å². The molecule has 2 unspecified atom stereocenters. The summed E-state index contributed by atoms with van der Waals surface area (Å²) in [7, 11) is 0. The Kier molecular flexibility index (Phi) is 3.87. The Morgan fingerprint density at radius 1 is 1.42 bits per heavy atom. The van der Waals surface area contributed by atoms with Crippen LogP contribution in [0.15, 0.2) is 0 Å². The van der Waals surface area contributed by atoms with Crippen LogP contribution in [-0.2, 0) is 9.59 Å². The first-order valence-electron chi connectivity index (χ1n) is 6.58. The van der Waals surface area contributed by atoms with E-state index in [1.165, 1.54) is 0 Å². The van der Waals surface area contributed by atoms with Crippen LogP contribution in [0.1, 0.15) is 31.2 Å². The number of carbonyl (C=O) groups is 2. The highest BCUT2D eigenvalue weighted by Crippen LogP contribution is 2.37. The van der Waals surface area contributed by atoms with Gasteiger partial charge in [0.05, 0.1) is 17.1 Å². The third-order valence-electron chi connectivity index (χ3n) is 3.49. The van der Waals surface area contributed by atoms with Gasteiger partial charge in [-0.15, -0.1) is 0 Å². The number of aromatic amines is 1. The summed E-state index contributed by atoms with van der Waals surface area (Å²) in [6.07, 6.45) is 1.24. The van der Waals surface area contributed by atoms with Gasteiger partial charge in [-0.1, -0.05) is 6.92 Å². The van der Waals surface area contributed by atoms with Crippen molar-refractivity contribution in [3.05, 3.63) is 11.4 Å². The van der Waals surface area contributed by atoms with E-state index in [9.17, 15) is 9.59 Å². The first-order chi connectivity index (χ1) is 8.99. The van der Waals surface area contributed by atoms with E-state index in [2.05, 4.69) is 27.8 Å². The van der Waals surface area contributed by atoms with Crippen molar-refractivity contribution in [2.24, 2.45) is 11.8 Å². The number of hydrogen-bond acceptors (Lipinski definition) is 3. The quantitative estimate of drug-likeness (QED) is 0.745. The highest BCUT2D eigenvalue weighted by molar-refractivity contribution is 5.92. The fourth-order valence-corrected chi connectivity index (χ4v) is 2.05. The summed E-state index contributed by atoms with van der Waals surface area (Å²) in [4.78, 5) is 23.3. The Balaban J connectivity index is 1.72. The zero-order chi connectivity index (χ0) is 14.0. The molecule has 0 aromatic carbocycles. The number of hydrogen-bond donors (Lipinski definition) is 3. The third-order valence-corrected chi connectivity index (χ3v) is 3.49. The van der Waals surface area contributed by atoms with Crippen LogP contribution in [0.2, 0.25) is 0 Å². The molecule has 1 aromatic heterocycles. The van der Waals surface area contributed by atoms with Gasteiger partial charge in [-0.3, -0.25) is 14.7 Å². The standard InChI is InChI=1S/C13H20N4O2/c1-7-6-10(7)13(19)14-5-4-11(18)15-12-8(2)16-17-9(12)3/h7,10H,4-6H2,1-3H3,(H,14,19)(H,15,18)(H,16,17). The van der Waals surface area contributed by atoms with Crippen molar-refractivity contribution in [1.82, 2.24) is 15.5 Å². The van der Waals surface area contributed by atoms with Crippen LogP contribution in [0, 0.1) is 25.7 Å². The van der Waals surface area contributed by atoms with Crippen LogP contribution in [-0.4, -0.2) is 28.6 Å². The highest BCUT2D eigenvalue weighted by atomic mass is 16.2. The molecule has 0 radical (unpaired) electrons. The van der Waals surface area contributed by atoms with E-state index < -0.39 is 0 Å². The largest absolute Gasteiger partial charge is 0.355 e. The van der Waals surface area contributed by atoms with Gasteiger partial charge in [0.1, 0.15) is 0 Å². The van der Waals surface area contributed by atoms with Crippen molar-refractivity contribution in [2.75, 3.05) is 11.9 Å². The number of nitrogens with one attached hydrogen (secondary N) is 3. The van der Waals surface area contributed by atoms with Gasteiger partial charge in [-0.25, -0.2) is 0 Å². The van der Waals surface area contributed by atoms with Gasteiger partial charge < -0.3 is 10.6 Å². The minimum absolute atomic E-state index is 0.0657. The molecule has 1 aromatic rings. The summed E-state index contributed by atoms with van der Waals surface area (Å²) in [5.41, 5.74) is 2.33. The minimum Gasteiger partial charge on any atom is -0.355 e. The second-order valence-electron chi connectivity index (χ2n) is 5.22. The minimum atomic E-state index is -0.114. The Morgan fingerprint density at radius 2 is 2.11 bits per heavy atom. The first-order valence-corrected chi connectivity index (χ1v) is 6.58. The molecule has 2 rings (SSSR count). The molecular formula is C13H20N4O2. The lowest BCUT2D eigenvalue weighted by Gasteiger charge is -2.06. The van der Waals surface area contributed by atoms with E-state index in [4.69, 9.17) is 0 Å². The lowest BCUT2D eigenvalue weighted by atomic mass is 10.3. The maximum Gasteiger partial charge on any atom is 0.226 e. The molecule has 2 amide bonds. The third kappa shape index (κ3) is 3.33. The van der Waals surface area contributed by atoms with Crippen LogP contribution in [0.25, 0.3) is 0 Å². The predicted octanol–water partition coefficient (Wildman–Crippen LogP) is 1.13. The number of H-pyrrole nitrogens is 1. The lowest BCUT2D eigenvalue weighted by Crippen LogP contribution is -2.29. The van der Waals surface area contributed by atoms with Crippen molar-refractivity contribution in [3.63, 3.8) is 0 Å². The Hall–Kier alpha value is -1.85. The Morgan fingerprint density at radius 3 is 2.63 bits per heavy atom. The summed E-state index contributed by atoms with van der Waals surface area (Å²) < 4.78 is 0. The zero-order valence-corrected chi connectivity index (χ0v) is 11.5. The number of carbonyl (C=O) groups excluding carboxylic acids is 2. The molecule has 0 saturated heterocycles. The second-order valence-corrected chi connectivity index (χ2v) is 5.22. The van der Waals surface area contributed by atoms with Crippen molar-refractivity contribution in [2.45, 2.75) is 33.6 Å². The van der Waals surface area contributed by atoms with Gasteiger partial charge in [0.2, 0.25) is 11.8 Å². The fraction of sp³-hybridized carbons (Fsp3) is 0.615. The number of amides is 2. The van der Waals surface area contributed by atoms with E-state index in [1.54, 1.807) is 0 Å². The topological polar surface area (TPSA) is 86.9 Å². The van der Waals surface area contributed by atoms with E-state index in [-0.39, 0.29) is 24.2 Å². The summed E-state index contributed by atoms with van der Waals surface area (Å²) in [5.74, 6) is 0.596. The van der Waals surface area contributed by atoms with Gasteiger partial charge >= 0.3 is 0 Å². The molecule has 19 heavy (non-hydrogen) atoms. The fourth-order valence-electron chi connectivity index (χ4n) is 2.05. The maximum atomic E-state index is 11.7. The number of nitrogens with zero attached hydrogens (tertiary/aromatic N) is 1. The molecule has 1 fully saturated rings. The molecule has 1 aliphatic carbocycles. The zero-order valence-electron chi connectivity index (χ0n) is 11.5. The molecule has 1 heterocycles. The number of anilines is 1. The molecular weight excluding hydrogens is 244 g/mol. The number of rotatable bonds is 5. The summed E-state index contributed by atoms with van der Waals surface area (Å²) in [6, 6.07) is 0. The average molecular weight is 264 g/mol. The predicted molar refractivity (Wildman–Crippen MR) is 71.6 cm³/mol. The molecule has 6 heteroatoms. The molecule has 3 N–H and O–H groups in total. The van der Waals surface area contributed by atoms with Crippen LogP contribution >= 0.6 is 0 Å². The van der Waals surface area contributed by atoms with E-state index in [0.717, 1.165) is 23.5 Å². The Bertz CT molecular complexity index is 475. The van der Waals surface area contributed by atoms with Crippen LogP contribution < -0.4 is 10.6 Å². The second kappa shape index (κ2) is 5.42. The van der Waals surface area contributed by atoms with Crippen LogP contribution in [0.5, 0.6) is 0 Å². The lowest BCUT2D eigenvalue weighted by molar-refractivity contribution is -0.122. The molecule has 1 saturated carbocycles. The van der Waals surface area contributed by atoms with Gasteiger partial charge in [0.15, 0.2) is 0 Å². The molecule has 104 valence electrons. The van der Waals surface area contributed by atoms with Gasteiger partial charge in [0.25, 0.3) is 0 Å². The summed E-state index contributed by atoms with van der Waals surface area (Å²) >= 11 is 0. The molecule has 2 atom stereocenters. The maximum absolute atomic E-state index is 11.7. The Labute approximate surface area is 112 Å². The normalized spacial score (nSPS) is 21.0. The molecule has 1 aliphatic rings. The highest BCUT2D eigenvalue weighted by Gasteiger charge is 2.38. The molecule has 0 bridgehead atoms. The molecule has 6 nitrogen and oxygen atoms in total. The average Bonchev–Trinajstić information content (AvgIpc) is 3.02. The smallest absolute Gasteiger partial charge is 0.226 e. The van der Waals surface area contributed by atoms with Crippen LogP contribution in [0.3, 0.4) is 0 Å². The van der Waals surface area contributed by atoms with Gasteiger partial charge in [0, 0.05) is 18.9 Å². The SMILES string of the molecule is Cc1n[nH]c(C)c1NC(=O)CCNC(=O)C1CC1C. The van der Waals surface area contributed by atoms with Gasteiger partial charge in [-0.2, -0.15) is 5.10 Å². The number of aryl methyl sites for hydroxylation is 2. The molecule has 0 aliphatic heterocycles. The van der Waals surface area contributed by atoms with E-state index in [1.807, 2.05) is 13.8 Å². The van der Waals surface area contributed by atoms with Gasteiger partial charge in [-0.05, 0) is 26.2 Å². The van der Waals surface area contributed by atoms with Crippen molar-refractivity contribution >= 4 is 17.5 Å². The summed E-state index contributed by atoms with van der Waals surface area (Å²) in [6.45, 7) is 6.12.